The van der Waals surface area contributed by atoms with E-state index < -0.39 is 12.0 Å². The number of carboxylic acid groups (broad SMARTS) is 1. The number of benzene rings is 2. The predicted octanol–water partition coefficient (Wildman–Crippen LogP) is 2.44. The largest absolute Gasteiger partial charge is 0.480 e. The lowest BCUT2D eigenvalue weighted by molar-refractivity contribution is -0.141. The number of aliphatic carboxylic acids is 1. The predicted molar refractivity (Wildman–Crippen MR) is 93.3 cm³/mol. The van der Waals surface area contributed by atoms with Crippen LogP contribution in [0.15, 0.2) is 54.6 Å². The molecule has 1 aliphatic heterocycles. The molecule has 1 amide bonds. The van der Waals surface area contributed by atoms with Crippen molar-refractivity contribution >= 4 is 11.9 Å². The number of carboxylic acids is 1. The fourth-order valence-electron chi connectivity index (χ4n) is 3.02. The maximum Gasteiger partial charge on any atom is 0.326 e. The minimum absolute atomic E-state index is 0.225. The van der Waals surface area contributed by atoms with Crippen LogP contribution in [0.25, 0.3) is 0 Å². The monoisotopic (exact) mass is 350 g/mol. The highest BCUT2D eigenvalue weighted by molar-refractivity contribution is 5.97. The van der Waals surface area contributed by atoms with E-state index in [9.17, 15) is 14.7 Å². The topological polar surface area (TPSA) is 90.6 Å². The zero-order chi connectivity index (χ0) is 18.5. The van der Waals surface area contributed by atoms with Crippen LogP contribution in [0.3, 0.4) is 0 Å². The van der Waals surface area contributed by atoms with Crippen LogP contribution in [0.4, 0.5) is 0 Å². The van der Waals surface area contributed by atoms with Crippen molar-refractivity contribution in [3.8, 4) is 6.07 Å². The van der Waals surface area contributed by atoms with Gasteiger partial charge in [0.25, 0.3) is 5.91 Å². The average molecular weight is 350 g/mol. The van der Waals surface area contributed by atoms with Crippen molar-refractivity contribution in [1.82, 2.24) is 4.90 Å². The van der Waals surface area contributed by atoms with Crippen molar-refractivity contribution in [2.75, 3.05) is 6.54 Å². The van der Waals surface area contributed by atoms with E-state index in [0.717, 1.165) is 5.56 Å². The summed E-state index contributed by atoms with van der Waals surface area (Å²) in [5.41, 5.74) is 1.80. The first kappa shape index (κ1) is 17.6. The van der Waals surface area contributed by atoms with Gasteiger partial charge in [-0.25, -0.2) is 4.79 Å². The van der Waals surface area contributed by atoms with Crippen LogP contribution >= 0.6 is 0 Å². The van der Waals surface area contributed by atoms with Crippen LogP contribution in [0, 0.1) is 11.3 Å². The van der Waals surface area contributed by atoms with E-state index in [1.165, 1.54) is 17.0 Å². The molecule has 0 saturated carbocycles. The molecule has 1 fully saturated rings. The van der Waals surface area contributed by atoms with Crippen molar-refractivity contribution in [1.29, 1.82) is 5.26 Å². The van der Waals surface area contributed by atoms with Gasteiger partial charge in [0.1, 0.15) is 6.04 Å². The van der Waals surface area contributed by atoms with Gasteiger partial charge in [-0.2, -0.15) is 5.26 Å². The highest BCUT2D eigenvalue weighted by atomic mass is 16.5. The third-order valence-corrected chi connectivity index (χ3v) is 4.40. The number of hydrogen-bond donors (Lipinski definition) is 1. The van der Waals surface area contributed by atoms with E-state index >= 15 is 0 Å². The summed E-state index contributed by atoms with van der Waals surface area (Å²) >= 11 is 0. The zero-order valence-corrected chi connectivity index (χ0v) is 14.0. The molecule has 2 aromatic rings. The van der Waals surface area contributed by atoms with E-state index in [1.807, 2.05) is 36.4 Å². The first-order valence-electron chi connectivity index (χ1n) is 8.28. The summed E-state index contributed by atoms with van der Waals surface area (Å²) in [7, 11) is 0. The molecule has 26 heavy (non-hydrogen) atoms. The molecule has 1 N–H and O–H groups in total. The zero-order valence-electron chi connectivity index (χ0n) is 14.0. The number of rotatable bonds is 5. The first-order valence-corrected chi connectivity index (χ1v) is 8.28. The Labute approximate surface area is 151 Å². The van der Waals surface area contributed by atoms with E-state index in [1.54, 1.807) is 12.1 Å². The molecule has 0 unspecified atom stereocenters. The Morgan fingerprint density at radius 2 is 1.85 bits per heavy atom. The van der Waals surface area contributed by atoms with Crippen LogP contribution in [-0.4, -0.2) is 40.6 Å². The first-order chi connectivity index (χ1) is 12.6. The summed E-state index contributed by atoms with van der Waals surface area (Å²) in [4.78, 5) is 25.6. The van der Waals surface area contributed by atoms with Crippen molar-refractivity contribution in [3.63, 3.8) is 0 Å². The number of ether oxygens (including phenoxy) is 1. The SMILES string of the molecule is N#Cc1ccc(C(=O)N2C[C@H](OCc3ccccc3)C[C@H]2C(=O)O)cc1. The maximum absolute atomic E-state index is 12.7. The van der Waals surface area contributed by atoms with E-state index in [2.05, 4.69) is 0 Å². The van der Waals surface area contributed by atoms with Gasteiger partial charge in [0.2, 0.25) is 0 Å². The standard InChI is InChI=1S/C20H18N2O4/c21-11-14-6-8-16(9-7-14)19(23)22-12-17(10-18(22)20(24)25)26-13-15-4-2-1-3-5-15/h1-9,17-18H,10,12-13H2,(H,24,25)/t17-,18+/m1/s1. The summed E-state index contributed by atoms with van der Waals surface area (Å²) < 4.78 is 5.82. The molecule has 6 heteroatoms. The van der Waals surface area contributed by atoms with E-state index in [4.69, 9.17) is 10.00 Å². The Balaban J connectivity index is 1.69. The maximum atomic E-state index is 12.7. The third kappa shape index (κ3) is 3.90. The second kappa shape index (κ2) is 7.81. The normalized spacial score (nSPS) is 19.1. The second-order valence-electron chi connectivity index (χ2n) is 6.16. The second-order valence-corrected chi connectivity index (χ2v) is 6.16. The molecule has 1 aliphatic rings. The molecule has 3 rings (SSSR count). The van der Waals surface area contributed by atoms with Gasteiger partial charge >= 0.3 is 5.97 Å². The summed E-state index contributed by atoms with van der Waals surface area (Å²) in [6.45, 7) is 0.597. The average Bonchev–Trinajstić information content (AvgIpc) is 3.11. The number of likely N-dealkylation sites (tertiary alicyclic amines) is 1. The Hall–Kier alpha value is -3.17. The van der Waals surface area contributed by atoms with Gasteiger partial charge in [0.05, 0.1) is 24.3 Å². The van der Waals surface area contributed by atoms with Crippen molar-refractivity contribution in [2.24, 2.45) is 0 Å². The number of carbonyl (C=O) groups excluding carboxylic acids is 1. The van der Waals surface area contributed by atoms with Crippen LogP contribution in [0.5, 0.6) is 0 Å². The van der Waals surface area contributed by atoms with Gasteiger partial charge in [-0.1, -0.05) is 30.3 Å². The lowest BCUT2D eigenvalue weighted by Crippen LogP contribution is -2.40. The fourth-order valence-corrected chi connectivity index (χ4v) is 3.02. The highest BCUT2D eigenvalue weighted by Gasteiger charge is 2.40. The summed E-state index contributed by atoms with van der Waals surface area (Å²) in [5.74, 6) is -1.41. The molecular weight excluding hydrogens is 332 g/mol. The third-order valence-electron chi connectivity index (χ3n) is 4.40. The Kier molecular flexibility index (Phi) is 5.30. The minimum Gasteiger partial charge on any atom is -0.480 e. The molecule has 0 aromatic heterocycles. The van der Waals surface area contributed by atoms with Crippen LogP contribution < -0.4 is 0 Å². The number of carbonyl (C=O) groups is 2. The van der Waals surface area contributed by atoms with Crippen LogP contribution in [-0.2, 0) is 16.1 Å². The molecule has 1 heterocycles. The van der Waals surface area contributed by atoms with Crippen molar-refractivity contribution in [3.05, 3.63) is 71.3 Å². The molecule has 0 spiro atoms. The Morgan fingerprint density at radius 1 is 1.15 bits per heavy atom. The van der Waals surface area contributed by atoms with Crippen molar-refractivity contribution in [2.45, 2.75) is 25.2 Å². The molecule has 1 saturated heterocycles. The number of amides is 1. The van der Waals surface area contributed by atoms with Crippen LogP contribution in [0.2, 0.25) is 0 Å². The van der Waals surface area contributed by atoms with Gasteiger partial charge < -0.3 is 14.7 Å². The smallest absolute Gasteiger partial charge is 0.326 e. The molecular formula is C20H18N2O4. The van der Waals surface area contributed by atoms with E-state index in [-0.39, 0.29) is 25.0 Å². The summed E-state index contributed by atoms with van der Waals surface area (Å²) in [6.07, 6.45) is -0.0804. The van der Waals surface area contributed by atoms with Crippen LogP contribution in [0.1, 0.15) is 27.9 Å². The Bertz CT molecular complexity index is 827. The molecule has 6 nitrogen and oxygen atoms in total. The lowest BCUT2D eigenvalue weighted by atomic mass is 10.1. The number of nitrogens with zero attached hydrogens (tertiary/aromatic N) is 2. The molecule has 0 aliphatic carbocycles. The number of nitriles is 1. The molecule has 2 atom stereocenters. The van der Waals surface area contributed by atoms with Gasteiger partial charge in [0.15, 0.2) is 0 Å². The van der Waals surface area contributed by atoms with Gasteiger partial charge in [-0.15, -0.1) is 0 Å². The summed E-state index contributed by atoms with van der Waals surface area (Å²) in [6, 6.07) is 16.8. The summed E-state index contributed by atoms with van der Waals surface area (Å²) in [5, 5.41) is 18.3. The lowest BCUT2D eigenvalue weighted by Gasteiger charge is -2.21. The molecule has 2 aromatic carbocycles. The molecule has 132 valence electrons. The fraction of sp³-hybridized carbons (Fsp3) is 0.250. The van der Waals surface area contributed by atoms with Gasteiger partial charge in [-0.3, -0.25) is 4.79 Å². The van der Waals surface area contributed by atoms with Crippen molar-refractivity contribution < 1.29 is 19.4 Å². The van der Waals surface area contributed by atoms with Gasteiger partial charge in [-0.05, 0) is 29.8 Å². The highest BCUT2D eigenvalue weighted by Crippen LogP contribution is 2.24. The number of hydrogen-bond acceptors (Lipinski definition) is 4. The van der Waals surface area contributed by atoms with Gasteiger partial charge in [0, 0.05) is 18.5 Å². The quantitative estimate of drug-likeness (QED) is 0.894. The molecule has 0 radical (unpaired) electrons. The Morgan fingerprint density at radius 3 is 2.46 bits per heavy atom. The molecule has 0 bridgehead atoms. The van der Waals surface area contributed by atoms with E-state index in [0.29, 0.717) is 17.7 Å². The minimum atomic E-state index is -1.04.